The minimum Gasteiger partial charge on any atom is -0.358 e. The Kier molecular flexibility index (Phi) is 3.69. The molecule has 1 N–H and O–H groups in total. The molecule has 4 aromatic rings. The van der Waals surface area contributed by atoms with E-state index >= 15 is 0 Å². The van der Waals surface area contributed by atoms with E-state index in [9.17, 15) is 0 Å². The second-order valence-electron chi connectivity index (χ2n) is 7.18. The third-order valence-corrected chi connectivity index (χ3v) is 5.80. The van der Waals surface area contributed by atoms with Gasteiger partial charge in [-0.2, -0.15) is 0 Å². The van der Waals surface area contributed by atoms with Crippen LogP contribution in [0.5, 0.6) is 0 Å². The maximum Gasteiger partial charge on any atom is 0.0691 e. The smallest absolute Gasteiger partial charge is 0.0691 e. The van der Waals surface area contributed by atoms with Crippen LogP contribution in [0.3, 0.4) is 0 Å². The number of nitrogens with one attached hydrogen (secondary N) is 1. The monoisotopic (exact) mass is 350 g/mol. The second kappa shape index (κ2) is 5.67. The van der Waals surface area contributed by atoms with Crippen LogP contribution in [-0.4, -0.2) is 9.55 Å². The minimum atomic E-state index is 0.202. The molecular weight excluding hydrogens is 328 g/mol. The first kappa shape index (κ1) is 16.3. The normalized spacial score (nSPS) is 13.0. The van der Waals surface area contributed by atoms with Crippen molar-refractivity contribution in [2.45, 2.75) is 40.7 Å². The topological polar surface area (TPSA) is 20.7 Å². The van der Waals surface area contributed by atoms with Gasteiger partial charge in [0.2, 0.25) is 0 Å². The number of aromatic nitrogens is 2. The first-order valence-corrected chi connectivity index (χ1v) is 9.11. The van der Waals surface area contributed by atoms with Gasteiger partial charge in [-0.05, 0) is 58.9 Å². The van der Waals surface area contributed by atoms with Crippen molar-refractivity contribution >= 4 is 33.4 Å². The summed E-state index contributed by atoms with van der Waals surface area (Å²) in [5.74, 6) is 0. The van der Waals surface area contributed by atoms with Crippen molar-refractivity contribution in [3.05, 3.63) is 69.5 Å². The van der Waals surface area contributed by atoms with Gasteiger partial charge in [0.25, 0.3) is 0 Å². The fourth-order valence-electron chi connectivity index (χ4n) is 4.14. The van der Waals surface area contributed by atoms with Crippen molar-refractivity contribution in [1.82, 2.24) is 9.55 Å². The van der Waals surface area contributed by atoms with Gasteiger partial charge in [-0.15, -0.1) is 0 Å². The first-order chi connectivity index (χ1) is 11.9. The number of benzene rings is 2. The number of fused-ring (bicyclic) bond motifs is 2. The Morgan fingerprint density at radius 2 is 1.56 bits per heavy atom. The van der Waals surface area contributed by atoms with Crippen molar-refractivity contribution < 1.29 is 0 Å². The predicted octanol–water partition coefficient (Wildman–Crippen LogP) is 6.62. The Morgan fingerprint density at radius 3 is 2.28 bits per heavy atom. The Balaban J connectivity index is 2.00. The molecule has 0 saturated carbocycles. The molecule has 128 valence electrons. The number of rotatable bonds is 2. The SMILES string of the molecule is Cc1ccc2[nH]c(C)c(C(C)n3c(C)c(Cl)c4cc(C)ccc43)c2c1. The summed E-state index contributed by atoms with van der Waals surface area (Å²) in [6, 6.07) is 13.3. The largest absolute Gasteiger partial charge is 0.358 e. The number of nitrogens with zero attached hydrogens (tertiary/aromatic N) is 1. The number of aryl methyl sites for hydroxylation is 3. The van der Waals surface area contributed by atoms with Crippen LogP contribution >= 0.6 is 11.6 Å². The van der Waals surface area contributed by atoms with Crippen LogP contribution in [0.15, 0.2) is 36.4 Å². The van der Waals surface area contributed by atoms with Crippen LogP contribution in [-0.2, 0) is 0 Å². The number of halogens is 1. The van der Waals surface area contributed by atoms with Gasteiger partial charge in [-0.25, -0.2) is 0 Å². The zero-order valence-electron chi connectivity index (χ0n) is 15.4. The average Bonchev–Trinajstić information content (AvgIpc) is 3.01. The van der Waals surface area contributed by atoms with Crippen LogP contribution in [0.25, 0.3) is 21.8 Å². The highest BCUT2D eigenvalue weighted by atomic mass is 35.5. The summed E-state index contributed by atoms with van der Waals surface area (Å²) >= 11 is 6.68. The standard InChI is InChI=1S/C22H23ClN2/c1-12-6-8-19-17(10-12)21(14(3)24-19)15(4)25-16(5)22(23)18-11-13(2)7-9-20(18)25/h6-11,15,24H,1-5H3. The van der Waals surface area contributed by atoms with E-state index in [0.717, 1.165) is 16.1 Å². The fraction of sp³-hybridized carbons (Fsp3) is 0.273. The van der Waals surface area contributed by atoms with Crippen molar-refractivity contribution in [3.8, 4) is 0 Å². The summed E-state index contributed by atoms with van der Waals surface area (Å²) in [5, 5.41) is 3.30. The van der Waals surface area contributed by atoms with Gasteiger partial charge < -0.3 is 9.55 Å². The molecule has 0 radical (unpaired) electrons. The van der Waals surface area contributed by atoms with Crippen LogP contribution < -0.4 is 0 Å². The van der Waals surface area contributed by atoms with E-state index in [1.807, 2.05) is 0 Å². The molecule has 0 fully saturated rings. The van der Waals surface area contributed by atoms with Gasteiger partial charge in [-0.3, -0.25) is 0 Å². The molecule has 0 spiro atoms. The van der Waals surface area contributed by atoms with Gasteiger partial charge in [0.15, 0.2) is 0 Å². The van der Waals surface area contributed by atoms with E-state index in [1.165, 1.54) is 38.8 Å². The molecule has 25 heavy (non-hydrogen) atoms. The third-order valence-electron chi connectivity index (χ3n) is 5.32. The minimum absolute atomic E-state index is 0.202. The number of H-pyrrole nitrogens is 1. The molecule has 0 aliphatic heterocycles. The maximum absolute atomic E-state index is 6.68. The Labute approximate surface area is 153 Å². The highest BCUT2D eigenvalue weighted by molar-refractivity contribution is 6.36. The highest BCUT2D eigenvalue weighted by Crippen LogP contribution is 2.38. The summed E-state index contributed by atoms with van der Waals surface area (Å²) < 4.78 is 2.37. The van der Waals surface area contributed by atoms with Gasteiger partial charge in [0, 0.05) is 33.2 Å². The highest BCUT2D eigenvalue weighted by Gasteiger charge is 2.22. The van der Waals surface area contributed by atoms with Gasteiger partial charge >= 0.3 is 0 Å². The van der Waals surface area contributed by atoms with E-state index in [2.05, 4.69) is 80.6 Å². The molecule has 2 heterocycles. The molecule has 0 aliphatic carbocycles. The quantitative estimate of drug-likeness (QED) is 0.419. The molecule has 0 aliphatic rings. The Bertz CT molecular complexity index is 1110. The molecule has 0 amide bonds. The lowest BCUT2D eigenvalue weighted by molar-refractivity contribution is 0.647. The van der Waals surface area contributed by atoms with E-state index in [4.69, 9.17) is 11.6 Å². The summed E-state index contributed by atoms with van der Waals surface area (Å²) in [6.07, 6.45) is 0. The lowest BCUT2D eigenvalue weighted by Crippen LogP contribution is -2.09. The molecule has 1 unspecified atom stereocenters. The van der Waals surface area contributed by atoms with Crippen molar-refractivity contribution in [2.75, 3.05) is 0 Å². The molecule has 3 heteroatoms. The Hall–Kier alpha value is -2.19. The summed E-state index contributed by atoms with van der Waals surface area (Å²) in [4.78, 5) is 3.54. The maximum atomic E-state index is 6.68. The third kappa shape index (κ3) is 2.39. The summed E-state index contributed by atoms with van der Waals surface area (Å²) in [7, 11) is 0. The van der Waals surface area contributed by atoms with Crippen LogP contribution in [0, 0.1) is 27.7 Å². The lowest BCUT2D eigenvalue weighted by atomic mass is 10.0. The van der Waals surface area contributed by atoms with Crippen molar-refractivity contribution in [1.29, 1.82) is 0 Å². The average molecular weight is 351 g/mol. The molecule has 2 nitrogen and oxygen atoms in total. The zero-order valence-corrected chi connectivity index (χ0v) is 16.1. The Morgan fingerprint density at radius 1 is 0.920 bits per heavy atom. The molecule has 2 aromatic carbocycles. The van der Waals surface area contributed by atoms with Crippen LogP contribution in [0.4, 0.5) is 0 Å². The molecule has 0 saturated heterocycles. The molecule has 1 atom stereocenters. The van der Waals surface area contributed by atoms with Gasteiger partial charge in [-0.1, -0.05) is 34.9 Å². The van der Waals surface area contributed by atoms with Crippen molar-refractivity contribution in [3.63, 3.8) is 0 Å². The molecule has 4 rings (SSSR count). The fourth-order valence-corrected chi connectivity index (χ4v) is 4.39. The van der Waals surface area contributed by atoms with Crippen molar-refractivity contribution in [2.24, 2.45) is 0 Å². The van der Waals surface area contributed by atoms with Crippen LogP contribution in [0.1, 0.15) is 41.0 Å². The predicted molar refractivity (Wildman–Crippen MR) is 108 cm³/mol. The number of hydrogen-bond donors (Lipinski definition) is 1. The second-order valence-corrected chi connectivity index (χ2v) is 7.56. The first-order valence-electron chi connectivity index (χ1n) is 8.74. The number of aromatic amines is 1. The van der Waals surface area contributed by atoms with Gasteiger partial charge in [0.1, 0.15) is 0 Å². The summed E-state index contributed by atoms with van der Waals surface area (Å²) in [5.41, 5.74) is 8.59. The lowest BCUT2D eigenvalue weighted by Gasteiger charge is -2.19. The van der Waals surface area contributed by atoms with E-state index in [0.29, 0.717) is 0 Å². The summed E-state index contributed by atoms with van der Waals surface area (Å²) in [6.45, 7) is 10.8. The zero-order chi connectivity index (χ0) is 17.9. The van der Waals surface area contributed by atoms with E-state index in [1.54, 1.807) is 0 Å². The molecule has 2 aromatic heterocycles. The van der Waals surface area contributed by atoms with E-state index < -0.39 is 0 Å². The molecular formula is C22H23ClN2. The number of hydrogen-bond acceptors (Lipinski definition) is 0. The van der Waals surface area contributed by atoms with E-state index in [-0.39, 0.29) is 6.04 Å². The van der Waals surface area contributed by atoms with Gasteiger partial charge in [0.05, 0.1) is 16.6 Å². The van der Waals surface area contributed by atoms with Crippen LogP contribution in [0.2, 0.25) is 5.02 Å². The molecule has 0 bridgehead atoms.